The third-order valence-electron chi connectivity index (χ3n) is 2.57. The quantitative estimate of drug-likeness (QED) is 0.677. The Hall–Kier alpha value is -1.83. The van der Waals surface area contributed by atoms with E-state index in [1.165, 1.54) is 12.5 Å². The van der Waals surface area contributed by atoms with Gasteiger partial charge < -0.3 is 5.32 Å². The predicted molar refractivity (Wildman–Crippen MR) is 62.4 cm³/mol. The van der Waals surface area contributed by atoms with Crippen LogP contribution in [0.15, 0.2) is 16.1 Å². The van der Waals surface area contributed by atoms with Gasteiger partial charge in [-0.15, -0.1) is 0 Å². The van der Waals surface area contributed by atoms with Crippen molar-refractivity contribution in [3.05, 3.63) is 16.6 Å². The minimum absolute atomic E-state index is 0.227. The van der Waals surface area contributed by atoms with E-state index in [-0.39, 0.29) is 10.7 Å². The van der Waals surface area contributed by atoms with Crippen LogP contribution in [-0.4, -0.2) is 36.5 Å². The van der Waals surface area contributed by atoms with Crippen LogP contribution in [0.2, 0.25) is 0 Å². The second-order valence-corrected chi connectivity index (χ2v) is 4.94. The highest BCUT2D eigenvalue weighted by molar-refractivity contribution is 7.84. The minimum Gasteiger partial charge on any atom is -0.354 e. The molecular weight excluding hydrogens is 242 g/mol. The Morgan fingerprint density at radius 2 is 2.29 bits per heavy atom. The van der Waals surface area contributed by atoms with Crippen LogP contribution in [0.5, 0.6) is 0 Å². The maximum atomic E-state index is 11.7. The SMILES string of the molecule is CS(=O)c1ncc2c(=O)nc3n(c2n1)CCN3. The number of aromatic nitrogens is 4. The summed E-state index contributed by atoms with van der Waals surface area (Å²) in [6, 6.07) is 0. The summed E-state index contributed by atoms with van der Waals surface area (Å²) >= 11 is 0. The minimum atomic E-state index is -1.27. The van der Waals surface area contributed by atoms with E-state index in [4.69, 9.17) is 0 Å². The molecule has 0 radical (unpaired) electrons. The lowest BCUT2D eigenvalue weighted by Crippen LogP contribution is -2.15. The second-order valence-electron chi connectivity index (χ2n) is 3.66. The molecule has 0 saturated carbocycles. The first-order valence-electron chi connectivity index (χ1n) is 5.02. The van der Waals surface area contributed by atoms with Crippen molar-refractivity contribution in [2.45, 2.75) is 11.7 Å². The monoisotopic (exact) mass is 251 g/mol. The number of fused-ring (bicyclic) bond motifs is 3. The number of hydrogen-bond acceptors (Lipinski definition) is 6. The lowest BCUT2D eigenvalue weighted by molar-refractivity contribution is 0.679. The van der Waals surface area contributed by atoms with Gasteiger partial charge in [0.15, 0.2) is 5.65 Å². The van der Waals surface area contributed by atoms with Gasteiger partial charge in [0.05, 0.1) is 10.8 Å². The molecule has 8 heteroatoms. The van der Waals surface area contributed by atoms with E-state index >= 15 is 0 Å². The zero-order valence-electron chi connectivity index (χ0n) is 9.01. The molecular formula is C9H9N5O2S. The van der Waals surface area contributed by atoms with E-state index in [0.717, 1.165) is 0 Å². The third kappa shape index (κ3) is 1.52. The van der Waals surface area contributed by atoms with E-state index in [0.29, 0.717) is 30.1 Å². The zero-order valence-corrected chi connectivity index (χ0v) is 9.82. The Morgan fingerprint density at radius 3 is 3.06 bits per heavy atom. The number of nitrogens with one attached hydrogen (secondary N) is 1. The van der Waals surface area contributed by atoms with Crippen molar-refractivity contribution >= 4 is 27.8 Å². The topological polar surface area (TPSA) is 89.8 Å². The largest absolute Gasteiger partial charge is 0.354 e. The Kier molecular flexibility index (Phi) is 2.18. The van der Waals surface area contributed by atoms with Gasteiger partial charge in [-0.2, -0.15) is 4.98 Å². The first kappa shape index (κ1) is 10.3. The molecule has 1 aliphatic rings. The summed E-state index contributed by atoms with van der Waals surface area (Å²) in [7, 11) is -1.27. The highest BCUT2D eigenvalue weighted by Gasteiger charge is 2.17. The number of nitrogens with zero attached hydrogens (tertiary/aromatic N) is 4. The van der Waals surface area contributed by atoms with Gasteiger partial charge in [-0.3, -0.25) is 13.6 Å². The fourth-order valence-electron chi connectivity index (χ4n) is 1.80. The van der Waals surface area contributed by atoms with Crippen molar-refractivity contribution < 1.29 is 4.21 Å². The molecule has 2 aromatic rings. The van der Waals surface area contributed by atoms with Gasteiger partial charge in [0.2, 0.25) is 11.1 Å². The smallest absolute Gasteiger partial charge is 0.285 e. The molecule has 7 nitrogen and oxygen atoms in total. The van der Waals surface area contributed by atoms with Gasteiger partial charge in [-0.25, -0.2) is 9.97 Å². The average molecular weight is 251 g/mol. The summed E-state index contributed by atoms with van der Waals surface area (Å²) in [6.07, 6.45) is 2.89. The lowest BCUT2D eigenvalue weighted by atomic mass is 10.4. The van der Waals surface area contributed by atoms with Crippen LogP contribution in [0.3, 0.4) is 0 Å². The summed E-state index contributed by atoms with van der Waals surface area (Å²) in [5.41, 5.74) is 0.124. The Labute approximate surface area is 98.4 Å². The fraction of sp³-hybridized carbons (Fsp3) is 0.333. The predicted octanol–water partition coefficient (Wildman–Crippen LogP) is -0.651. The van der Waals surface area contributed by atoms with Crippen LogP contribution >= 0.6 is 0 Å². The molecule has 88 valence electrons. The van der Waals surface area contributed by atoms with Crippen LogP contribution in [0.25, 0.3) is 11.0 Å². The van der Waals surface area contributed by atoms with Crippen LogP contribution in [0.4, 0.5) is 5.95 Å². The molecule has 0 amide bonds. The summed E-state index contributed by atoms with van der Waals surface area (Å²) in [6.45, 7) is 1.39. The van der Waals surface area contributed by atoms with Gasteiger partial charge in [-0.1, -0.05) is 0 Å². The normalized spacial score (nSPS) is 15.6. The van der Waals surface area contributed by atoms with Gasteiger partial charge in [0, 0.05) is 25.5 Å². The molecule has 17 heavy (non-hydrogen) atoms. The van der Waals surface area contributed by atoms with Crippen molar-refractivity contribution in [3.63, 3.8) is 0 Å². The first-order chi connectivity index (χ1) is 8.16. The molecule has 2 aromatic heterocycles. The van der Waals surface area contributed by atoms with Gasteiger partial charge >= 0.3 is 0 Å². The highest BCUT2D eigenvalue weighted by atomic mass is 32.2. The van der Waals surface area contributed by atoms with E-state index < -0.39 is 10.8 Å². The van der Waals surface area contributed by atoms with Gasteiger partial charge in [0.25, 0.3) is 5.56 Å². The van der Waals surface area contributed by atoms with Crippen LogP contribution < -0.4 is 10.9 Å². The molecule has 0 saturated heterocycles. The lowest BCUT2D eigenvalue weighted by Gasteiger charge is -2.06. The van der Waals surface area contributed by atoms with Crippen molar-refractivity contribution in [1.29, 1.82) is 0 Å². The standard InChI is InChI=1S/C9H9N5O2S/c1-17(16)9-11-4-5-6(12-9)14-3-2-10-8(14)13-7(5)15/h4H,2-3H2,1H3,(H,10,13,15). The molecule has 3 heterocycles. The third-order valence-corrected chi connectivity index (χ3v) is 3.28. The maximum absolute atomic E-state index is 11.7. The zero-order chi connectivity index (χ0) is 12.0. The van der Waals surface area contributed by atoms with E-state index in [9.17, 15) is 9.00 Å². The molecule has 1 N–H and O–H groups in total. The van der Waals surface area contributed by atoms with Crippen molar-refractivity contribution in [2.24, 2.45) is 0 Å². The van der Waals surface area contributed by atoms with Crippen LogP contribution in [-0.2, 0) is 17.3 Å². The summed E-state index contributed by atoms with van der Waals surface area (Å²) in [5.74, 6) is 0.508. The van der Waals surface area contributed by atoms with Gasteiger partial charge in [-0.05, 0) is 0 Å². The molecule has 0 fully saturated rings. The molecule has 3 rings (SSSR count). The summed E-state index contributed by atoms with van der Waals surface area (Å²) < 4.78 is 13.1. The summed E-state index contributed by atoms with van der Waals surface area (Å²) in [4.78, 5) is 23.7. The summed E-state index contributed by atoms with van der Waals surface area (Å²) in [5, 5.41) is 3.58. The Bertz CT molecular complexity index is 696. The Balaban J connectivity index is 2.41. The molecule has 0 spiro atoms. The molecule has 0 bridgehead atoms. The second kappa shape index (κ2) is 3.59. The van der Waals surface area contributed by atoms with Crippen molar-refractivity contribution in [3.8, 4) is 0 Å². The fourth-order valence-corrected chi connectivity index (χ4v) is 2.21. The van der Waals surface area contributed by atoms with E-state index in [1.807, 2.05) is 0 Å². The molecule has 0 aromatic carbocycles. The number of rotatable bonds is 1. The van der Waals surface area contributed by atoms with Crippen molar-refractivity contribution in [2.75, 3.05) is 18.1 Å². The van der Waals surface area contributed by atoms with E-state index in [2.05, 4.69) is 20.3 Å². The molecule has 1 atom stereocenters. The van der Waals surface area contributed by atoms with Crippen LogP contribution in [0.1, 0.15) is 0 Å². The molecule has 1 aliphatic heterocycles. The van der Waals surface area contributed by atoms with Crippen LogP contribution in [0, 0.1) is 0 Å². The van der Waals surface area contributed by atoms with Crippen molar-refractivity contribution in [1.82, 2.24) is 19.5 Å². The maximum Gasteiger partial charge on any atom is 0.285 e. The highest BCUT2D eigenvalue weighted by Crippen LogP contribution is 2.16. The van der Waals surface area contributed by atoms with E-state index in [1.54, 1.807) is 4.57 Å². The average Bonchev–Trinajstić information content (AvgIpc) is 2.76. The number of hydrogen-bond donors (Lipinski definition) is 1. The molecule has 1 unspecified atom stereocenters. The Morgan fingerprint density at radius 1 is 1.47 bits per heavy atom. The number of anilines is 1. The van der Waals surface area contributed by atoms with Gasteiger partial charge in [0.1, 0.15) is 5.39 Å². The first-order valence-corrected chi connectivity index (χ1v) is 6.57. The molecule has 0 aliphatic carbocycles.